The van der Waals surface area contributed by atoms with E-state index in [1.54, 1.807) is 25.1 Å². The first-order valence-electron chi connectivity index (χ1n) is 11.1. The Kier molecular flexibility index (Phi) is 6.00. The van der Waals surface area contributed by atoms with Gasteiger partial charge in [-0.25, -0.2) is 8.42 Å². The minimum absolute atomic E-state index is 0.0805. The summed E-state index contributed by atoms with van der Waals surface area (Å²) < 4.78 is 38.0. The zero-order valence-corrected chi connectivity index (χ0v) is 21.2. The van der Waals surface area contributed by atoms with Crippen molar-refractivity contribution < 1.29 is 8.42 Å². The van der Waals surface area contributed by atoms with Gasteiger partial charge in [0.25, 0.3) is 5.56 Å². The average molecular weight is 505 g/mol. The van der Waals surface area contributed by atoms with Crippen LogP contribution in [0, 0.1) is 20.8 Å². The van der Waals surface area contributed by atoms with Crippen LogP contribution in [0.5, 0.6) is 0 Å². The molecule has 0 atom stereocenters. The van der Waals surface area contributed by atoms with Crippen LogP contribution in [-0.4, -0.2) is 26.5 Å². The fourth-order valence-electron chi connectivity index (χ4n) is 4.27. The maximum absolute atomic E-state index is 14.1. The lowest BCUT2D eigenvalue weighted by Crippen LogP contribution is -2.33. The van der Waals surface area contributed by atoms with Gasteiger partial charge in [0.1, 0.15) is 15.9 Å². The number of rotatable bonds is 6. The highest BCUT2D eigenvalue weighted by Gasteiger charge is 2.30. The Balaban J connectivity index is 1.65. The van der Waals surface area contributed by atoms with Gasteiger partial charge in [-0.1, -0.05) is 48.5 Å². The topological polar surface area (TPSA) is 96.0 Å². The number of nitrogens with zero attached hydrogens (tertiary/aromatic N) is 3. The molecule has 0 aliphatic rings. The molecule has 0 spiro atoms. The maximum atomic E-state index is 14.1. The number of aromatic amines is 1. The van der Waals surface area contributed by atoms with E-state index in [1.165, 1.54) is 4.31 Å². The number of aromatic nitrogens is 3. The van der Waals surface area contributed by atoms with Crippen LogP contribution in [0.4, 0.5) is 0 Å². The lowest BCUT2D eigenvalue weighted by atomic mass is 10.0. The highest BCUT2D eigenvalue weighted by atomic mass is 32.2. The van der Waals surface area contributed by atoms with Crippen molar-refractivity contribution in [1.82, 2.24) is 18.0 Å². The summed E-state index contributed by atoms with van der Waals surface area (Å²) >= 11 is 0.980. The number of hydrogen-bond acceptors (Lipinski definition) is 6. The third-order valence-corrected chi connectivity index (χ3v) is 8.86. The maximum Gasteiger partial charge on any atom is 0.252 e. The Morgan fingerprint density at radius 1 is 0.914 bits per heavy atom. The predicted molar refractivity (Wildman–Crippen MR) is 139 cm³/mol. The second-order valence-electron chi connectivity index (χ2n) is 8.70. The van der Waals surface area contributed by atoms with E-state index in [1.807, 2.05) is 56.3 Å². The number of hydrogen-bond donors (Lipinski definition) is 1. The van der Waals surface area contributed by atoms with Gasteiger partial charge < -0.3 is 4.98 Å². The predicted octanol–water partition coefficient (Wildman–Crippen LogP) is 4.85. The van der Waals surface area contributed by atoms with E-state index in [2.05, 4.69) is 13.7 Å². The quantitative estimate of drug-likeness (QED) is 0.357. The smallest absolute Gasteiger partial charge is 0.252 e. The van der Waals surface area contributed by atoms with Crippen molar-refractivity contribution in [3.05, 3.63) is 98.8 Å². The Morgan fingerprint density at radius 3 is 2.43 bits per heavy atom. The lowest BCUT2D eigenvalue weighted by Gasteiger charge is -2.23. The first-order valence-corrected chi connectivity index (χ1v) is 13.3. The van der Waals surface area contributed by atoms with Gasteiger partial charge in [0.2, 0.25) is 10.0 Å². The fourth-order valence-corrected chi connectivity index (χ4v) is 6.63. The van der Waals surface area contributed by atoms with E-state index in [0.717, 1.165) is 39.3 Å². The SMILES string of the molecule is Cc1ccc2nsnc2c1S(=O)(=O)N(Cc1ccccc1)Cc1cc2ccc(C)c(C)c2[nH]c1=O. The summed E-state index contributed by atoms with van der Waals surface area (Å²) in [7, 11) is -4.02. The second-order valence-corrected chi connectivity index (χ2v) is 11.1. The van der Waals surface area contributed by atoms with Gasteiger partial charge in [-0.15, -0.1) is 0 Å². The summed E-state index contributed by atoms with van der Waals surface area (Å²) in [6.07, 6.45) is 0. The zero-order valence-electron chi connectivity index (χ0n) is 19.6. The Hall–Kier alpha value is -3.40. The van der Waals surface area contributed by atoms with Crippen molar-refractivity contribution in [2.45, 2.75) is 38.8 Å². The number of nitrogens with one attached hydrogen (secondary N) is 1. The van der Waals surface area contributed by atoms with Crippen LogP contribution in [0.3, 0.4) is 0 Å². The van der Waals surface area contributed by atoms with Crippen LogP contribution in [0.1, 0.15) is 27.8 Å². The summed E-state index contributed by atoms with van der Waals surface area (Å²) in [4.78, 5) is 16.2. The van der Waals surface area contributed by atoms with Crippen LogP contribution >= 0.6 is 11.7 Å². The largest absolute Gasteiger partial charge is 0.321 e. The van der Waals surface area contributed by atoms with E-state index < -0.39 is 10.0 Å². The van der Waals surface area contributed by atoms with Gasteiger partial charge in [0, 0.05) is 18.7 Å². The molecule has 0 saturated heterocycles. The third kappa shape index (κ3) is 4.27. The summed E-state index contributed by atoms with van der Waals surface area (Å²) in [5.41, 5.74) is 5.21. The molecule has 0 aliphatic heterocycles. The summed E-state index contributed by atoms with van der Waals surface area (Å²) in [6.45, 7) is 5.74. The zero-order chi connectivity index (χ0) is 24.7. The molecule has 5 rings (SSSR count). The molecule has 2 aromatic heterocycles. The van der Waals surface area contributed by atoms with E-state index in [0.29, 0.717) is 22.2 Å². The molecule has 35 heavy (non-hydrogen) atoms. The normalized spacial score (nSPS) is 12.1. The Morgan fingerprint density at radius 2 is 1.66 bits per heavy atom. The molecule has 178 valence electrons. The van der Waals surface area contributed by atoms with Crippen LogP contribution < -0.4 is 5.56 Å². The van der Waals surface area contributed by atoms with Gasteiger partial charge in [-0.2, -0.15) is 13.1 Å². The standard InChI is InChI=1S/C26H24N4O3S2/c1-16-9-11-20-13-21(26(31)27-23(20)18(16)3)15-30(14-19-7-5-4-6-8-19)35(32,33)25-17(2)10-12-22-24(25)29-34-28-22/h4-13H,14-15H2,1-3H3,(H,27,31). The highest BCUT2D eigenvalue weighted by molar-refractivity contribution is 7.89. The monoisotopic (exact) mass is 504 g/mol. The molecule has 0 amide bonds. The molecule has 9 heteroatoms. The van der Waals surface area contributed by atoms with Crippen LogP contribution in [0.15, 0.2) is 70.4 Å². The van der Waals surface area contributed by atoms with Crippen molar-refractivity contribution >= 4 is 43.7 Å². The highest BCUT2D eigenvalue weighted by Crippen LogP contribution is 2.30. The molecule has 0 saturated carbocycles. The molecule has 0 bridgehead atoms. The fraction of sp³-hybridized carbons (Fsp3) is 0.192. The number of aryl methyl sites for hydroxylation is 3. The molecule has 0 radical (unpaired) electrons. The van der Waals surface area contributed by atoms with Crippen LogP contribution in [0.2, 0.25) is 0 Å². The van der Waals surface area contributed by atoms with Crippen molar-refractivity contribution in [3.63, 3.8) is 0 Å². The number of benzene rings is 3. The number of pyridine rings is 1. The van der Waals surface area contributed by atoms with E-state index >= 15 is 0 Å². The molecule has 5 aromatic rings. The third-order valence-electron chi connectivity index (χ3n) is 6.35. The Labute approximate surface area is 207 Å². The first kappa shape index (κ1) is 23.3. The van der Waals surface area contributed by atoms with Gasteiger partial charge in [0.15, 0.2) is 0 Å². The molecule has 0 fully saturated rings. The van der Waals surface area contributed by atoms with Crippen molar-refractivity contribution in [2.24, 2.45) is 0 Å². The second kappa shape index (κ2) is 8.99. The Bertz CT molecular complexity index is 1720. The van der Waals surface area contributed by atoms with Gasteiger partial charge in [-0.3, -0.25) is 4.79 Å². The lowest BCUT2D eigenvalue weighted by molar-refractivity contribution is 0.400. The van der Waals surface area contributed by atoms with Crippen molar-refractivity contribution in [3.8, 4) is 0 Å². The van der Waals surface area contributed by atoms with E-state index in [-0.39, 0.29) is 23.5 Å². The summed E-state index contributed by atoms with van der Waals surface area (Å²) in [6, 6.07) is 18.6. The summed E-state index contributed by atoms with van der Waals surface area (Å²) in [5.74, 6) is 0. The van der Waals surface area contributed by atoms with Crippen LogP contribution in [-0.2, 0) is 23.1 Å². The number of H-pyrrole nitrogens is 1. The van der Waals surface area contributed by atoms with Gasteiger partial charge in [0.05, 0.1) is 17.2 Å². The molecule has 2 heterocycles. The number of sulfonamides is 1. The van der Waals surface area contributed by atoms with Gasteiger partial charge in [-0.05, 0) is 60.5 Å². The van der Waals surface area contributed by atoms with Crippen molar-refractivity contribution in [1.29, 1.82) is 0 Å². The first-order chi connectivity index (χ1) is 16.8. The minimum Gasteiger partial charge on any atom is -0.321 e. The van der Waals surface area contributed by atoms with Crippen LogP contribution in [0.25, 0.3) is 21.9 Å². The molecule has 3 aromatic carbocycles. The van der Waals surface area contributed by atoms with Crippen molar-refractivity contribution in [2.75, 3.05) is 0 Å². The number of fused-ring (bicyclic) bond motifs is 2. The molecular formula is C26H24N4O3S2. The molecule has 7 nitrogen and oxygen atoms in total. The molecule has 0 aliphatic carbocycles. The van der Waals surface area contributed by atoms with E-state index in [9.17, 15) is 13.2 Å². The molecule has 0 unspecified atom stereocenters. The van der Waals surface area contributed by atoms with E-state index in [4.69, 9.17) is 0 Å². The summed E-state index contributed by atoms with van der Waals surface area (Å²) in [5, 5.41) is 0.863. The minimum atomic E-state index is -4.02. The molecular weight excluding hydrogens is 480 g/mol. The van der Waals surface area contributed by atoms with Gasteiger partial charge >= 0.3 is 0 Å². The average Bonchev–Trinajstić information content (AvgIpc) is 3.31. The molecule has 1 N–H and O–H groups in total.